The van der Waals surface area contributed by atoms with E-state index in [0.29, 0.717) is 47.3 Å². The number of amides is 1. The van der Waals surface area contributed by atoms with Crippen molar-refractivity contribution in [1.82, 2.24) is 34.0 Å². The molecule has 1 aliphatic rings. The van der Waals surface area contributed by atoms with Crippen LogP contribution in [0.5, 0.6) is 0 Å². The number of carbonyl (C=O) groups excluding carboxylic acids is 1. The molecule has 1 N–H and O–H groups in total. The van der Waals surface area contributed by atoms with Crippen LogP contribution in [0.25, 0.3) is 33.3 Å². The highest BCUT2D eigenvalue weighted by atomic mass is 35.5. The Morgan fingerprint density at radius 2 is 1.92 bits per heavy atom. The Morgan fingerprint density at radius 3 is 2.75 bits per heavy atom. The summed E-state index contributed by atoms with van der Waals surface area (Å²) in [5, 5.41) is 1.69. The van der Waals surface area contributed by atoms with Crippen molar-refractivity contribution in [3.05, 3.63) is 75.8 Å². The molecule has 1 amide bonds. The third-order valence-electron chi connectivity index (χ3n) is 6.76. The van der Waals surface area contributed by atoms with Crippen LogP contribution in [-0.4, -0.2) is 53.0 Å². The molecule has 9 nitrogen and oxygen atoms in total. The first kappa shape index (κ1) is 22.8. The van der Waals surface area contributed by atoms with Crippen LogP contribution < -0.4 is 5.69 Å². The van der Waals surface area contributed by atoms with Gasteiger partial charge in [-0.25, -0.2) is 19.7 Å². The lowest BCUT2D eigenvalue weighted by Crippen LogP contribution is -2.41. The second-order valence-electron chi connectivity index (χ2n) is 8.82. The van der Waals surface area contributed by atoms with Crippen molar-refractivity contribution in [2.45, 2.75) is 25.4 Å². The van der Waals surface area contributed by atoms with Gasteiger partial charge in [0.2, 0.25) is 5.91 Å². The van der Waals surface area contributed by atoms with Crippen LogP contribution in [-0.2, 0) is 11.3 Å². The highest BCUT2D eigenvalue weighted by molar-refractivity contribution is 6.43. The van der Waals surface area contributed by atoms with Crippen LogP contribution in [0.3, 0.4) is 0 Å². The molecule has 0 spiro atoms. The molecular weight excluding hydrogens is 501 g/mol. The summed E-state index contributed by atoms with van der Waals surface area (Å²) in [6, 6.07) is 9.17. The number of piperidine rings is 1. The Morgan fingerprint density at radius 1 is 1.08 bits per heavy atom. The maximum atomic E-state index is 13.3. The summed E-state index contributed by atoms with van der Waals surface area (Å²) < 4.78 is 3.59. The summed E-state index contributed by atoms with van der Waals surface area (Å²) in [7, 11) is 0. The van der Waals surface area contributed by atoms with Crippen LogP contribution in [0.1, 0.15) is 18.9 Å². The molecule has 6 rings (SSSR count). The number of hydrogen-bond donors (Lipinski definition) is 1. The summed E-state index contributed by atoms with van der Waals surface area (Å²) in [5.74, 6) is -0.0133. The number of carbonyl (C=O) groups is 1. The zero-order valence-electron chi connectivity index (χ0n) is 19.1. The number of nitrogens with one attached hydrogen (secondary N) is 1. The van der Waals surface area contributed by atoms with E-state index < -0.39 is 0 Å². The van der Waals surface area contributed by atoms with E-state index in [9.17, 15) is 9.59 Å². The predicted octanol–water partition coefficient (Wildman–Crippen LogP) is 4.31. The molecule has 0 aliphatic carbocycles. The second kappa shape index (κ2) is 9.07. The van der Waals surface area contributed by atoms with Gasteiger partial charge in [-0.1, -0.05) is 35.3 Å². The van der Waals surface area contributed by atoms with E-state index in [2.05, 4.69) is 19.9 Å². The van der Waals surface area contributed by atoms with Crippen LogP contribution >= 0.6 is 23.2 Å². The molecule has 0 radical (unpaired) electrons. The fourth-order valence-electron chi connectivity index (χ4n) is 5.02. The molecule has 4 aromatic heterocycles. The molecule has 1 aromatic carbocycles. The largest absolute Gasteiger partial charge is 0.341 e. The zero-order chi connectivity index (χ0) is 24.8. The molecular formula is C25H21Cl2N7O2. The number of nitrogens with zero attached hydrogens (tertiary/aromatic N) is 6. The third kappa shape index (κ3) is 3.84. The van der Waals surface area contributed by atoms with E-state index >= 15 is 0 Å². The van der Waals surface area contributed by atoms with E-state index in [1.54, 1.807) is 23.0 Å². The average Bonchev–Trinajstić information content (AvgIpc) is 3.43. The van der Waals surface area contributed by atoms with Gasteiger partial charge in [0.25, 0.3) is 0 Å². The summed E-state index contributed by atoms with van der Waals surface area (Å²) in [6.45, 7) is 1.25. The van der Waals surface area contributed by atoms with E-state index in [0.717, 1.165) is 22.0 Å². The number of halogens is 2. The number of benzene rings is 1. The molecule has 11 heteroatoms. The van der Waals surface area contributed by atoms with Gasteiger partial charge in [-0.15, -0.1) is 0 Å². The first-order chi connectivity index (χ1) is 17.5. The molecule has 1 saturated heterocycles. The molecule has 5 heterocycles. The maximum Gasteiger partial charge on any atom is 0.327 e. The van der Waals surface area contributed by atoms with Gasteiger partial charge in [0.05, 0.1) is 15.6 Å². The Hall–Kier alpha value is -3.69. The summed E-state index contributed by atoms with van der Waals surface area (Å²) in [5.41, 5.74) is 3.43. The minimum atomic E-state index is -0.167. The van der Waals surface area contributed by atoms with Crippen molar-refractivity contribution < 1.29 is 4.79 Å². The van der Waals surface area contributed by atoms with Crippen LogP contribution in [0.15, 0.2) is 60.0 Å². The minimum Gasteiger partial charge on any atom is -0.341 e. The summed E-state index contributed by atoms with van der Waals surface area (Å²) >= 11 is 12.7. The number of hydrogen-bond acceptors (Lipinski definition) is 5. The number of imidazole rings is 1. The van der Waals surface area contributed by atoms with Crippen LogP contribution in [0, 0.1) is 0 Å². The van der Waals surface area contributed by atoms with Crippen LogP contribution in [0.4, 0.5) is 0 Å². The maximum absolute atomic E-state index is 13.3. The number of pyridine rings is 1. The molecule has 0 saturated carbocycles. The molecule has 182 valence electrons. The van der Waals surface area contributed by atoms with E-state index in [1.165, 1.54) is 6.33 Å². The van der Waals surface area contributed by atoms with Gasteiger partial charge in [-0.05, 0) is 31.0 Å². The summed E-state index contributed by atoms with van der Waals surface area (Å²) in [6.07, 6.45) is 8.09. The molecule has 0 unspecified atom stereocenters. The van der Waals surface area contributed by atoms with Gasteiger partial charge in [-0.2, -0.15) is 0 Å². The Bertz CT molecular complexity index is 1660. The molecule has 1 fully saturated rings. The topological polar surface area (TPSA) is 102 Å². The molecule has 0 atom stereocenters. The average molecular weight is 522 g/mol. The van der Waals surface area contributed by atoms with Gasteiger partial charge >= 0.3 is 5.69 Å². The molecule has 5 aromatic rings. The van der Waals surface area contributed by atoms with E-state index in [4.69, 9.17) is 23.2 Å². The SMILES string of the molecule is O=C(Cn1cc(-c2cccc(Cl)c2Cl)c2cncnc21)N1CCC(n2c(=O)[nH]c3ncccc32)CC1. The highest BCUT2D eigenvalue weighted by Crippen LogP contribution is 2.37. The quantitative estimate of drug-likeness (QED) is 0.379. The zero-order valence-corrected chi connectivity index (χ0v) is 20.6. The standard InChI is InChI=1S/C25H21Cl2N7O2/c26-19-4-1-3-16(22(19)27)18-12-33(24-17(18)11-28-14-30-24)13-21(35)32-9-6-15(7-10-32)34-20-5-2-8-29-23(20)31-25(34)36/h1-5,8,11-12,14-15H,6-7,9-10,13H2,(H,29,31,36). The van der Waals surface area contributed by atoms with E-state index in [1.807, 2.05) is 39.9 Å². The first-order valence-corrected chi connectivity index (χ1v) is 12.3. The lowest BCUT2D eigenvalue weighted by atomic mass is 10.0. The monoisotopic (exact) mass is 521 g/mol. The van der Waals surface area contributed by atoms with Crippen molar-refractivity contribution in [1.29, 1.82) is 0 Å². The number of H-pyrrole nitrogens is 1. The number of aromatic nitrogens is 6. The van der Waals surface area contributed by atoms with Gasteiger partial charge in [0.15, 0.2) is 5.65 Å². The summed E-state index contributed by atoms with van der Waals surface area (Å²) in [4.78, 5) is 43.3. The number of aromatic amines is 1. The number of likely N-dealkylation sites (tertiary alicyclic amines) is 1. The Labute approximate surface area is 215 Å². The molecule has 0 bridgehead atoms. The van der Waals surface area contributed by atoms with E-state index in [-0.39, 0.29) is 24.2 Å². The van der Waals surface area contributed by atoms with Crippen molar-refractivity contribution in [3.8, 4) is 11.1 Å². The number of rotatable bonds is 4. The Kier molecular flexibility index (Phi) is 5.73. The highest BCUT2D eigenvalue weighted by Gasteiger charge is 2.27. The lowest BCUT2D eigenvalue weighted by Gasteiger charge is -2.32. The van der Waals surface area contributed by atoms with Gasteiger partial charge in [-0.3, -0.25) is 14.3 Å². The van der Waals surface area contributed by atoms with Gasteiger partial charge in [0.1, 0.15) is 18.5 Å². The normalized spacial score (nSPS) is 14.7. The first-order valence-electron chi connectivity index (χ1n) is 11.6. The van der Waals surface area contributed by atoms with Gasteiger partial charge < -0.3 is 9.47 Å². The smallest absolute Gasteiger partial charge is 0.327 e. The molecule has 36 heavy (non-hydrogen) atoms. The van der Waals surface area contributed by atoms with Crippen LogP contribution in [0.2, 0.25) is 10.0 Å². The van der Waals surface area contributed by atoms with Gasteiger partial charge in [0, 0.05) is 54.2 Å². The minimum absolute atomic E-state index is 0.0104. The second-order valence-corrected chi connectivity index (χ2v) is 9.60. The fraction of sp³-hybridized carbons (Fsp3) is 0.240. The number of fused-ring (bicyclic) bond motifs is 2. The van der Waals surface area contributed by atoms with Crippen molar-refractivity contribution in [3.63, 3.8) is 0 Å². The van der Waals surface area contributed by atoms with Crippen molar-refractivity contribution in [2.24, 2.45) is 0 Å². The predicted molar refractivity (Wildman–Crippen MR) is 138 cm³/mol. The fourth-order valence-corrected chi connectivity index (χ4v) is 5.42. The van der Waals surface area contributed by atoms with Crippen molar-refractivity contribution >= 4 is 51.3 Å². The lowest BCUT2D eigenvalue weighted by molar-refractivity contribution is -0.133. The Balaban J connectivity index is 1.23. The third-order valence-corrected chi connectivity index (χ3v) is 7.58. The van der Waals surface area contributed by atoms with Crippen molar-refractivity contribution in [2.75, 3.05) is 13.1 Å². The molecule has 1 aliphatic heterocycles.